The first kappa shape index (κ1) is 13.4. The van der Waals surface area contributed by atoms with Gasteiger partial charge < -0.3 is 5.11 Å². The second-order valence-electron chi connectivity index (χ2n) is 6.53. The third-order valence-electron chi connectivity index (χ3n) is 4.91. The van der Waals surface area contributed by atoms with E-state index >= 15 is 0 Å². The van der Waals surface area contributed by atoms with Gasteiger partial charge in [-0.05, 0) is 60.6 Å². The first-order chi connectivity index (χ1) is 10.6. The molecule has 2 aromatic rings. The van der Waals surface area contributed by atoms with Crippen LogP contribution in [0.5, 0.6) is 5.75 Å². The minimum absolute atomic E-state index is 0.358. The Morgan fingerprint density at radius 2 is 1.86 bits per heavy atom. The van der Waals surface area contributed by atoms with Crippen LogP contribution in [-0.4, -0.2) is 5.11 Å². The second kappa shape index (κ2) is 4.88. The van der Waals surface area contributed by atoms with E-state index in [1.54, 1.807) is 6.07 Å². The molecule has 0 saturated carbocycles. The zero-order valence-electron chi connectivity index (χ0n) is 13.0. The molecule has 2 bridgehead atoms. The van der Waals surface area contributed by atoms with Crippen molar-refractivity contribution in [2.45, 2.75) is 20.3 Å². The van der Waals surface area contributed by atoms with E-state index in [4.69, 9.17) is 0 Å². The van der Waals surface area contributed by atoms with Crippen molar-refractivity contribution in [3.63, 3.8) is 0 Å². The van der Waals surface area contributed by atoms with E-state index in [1.807, 2.05) is 6.07 Å². The van der Waals surface area contributed by atoms with Gasteiger partial charge in [-0.25, -0.2) is 0 Å². The second-order valence-corrected chi connectivity index (χ2v) is 6.53. The number of benzene rings is 2. The maximum absolute atomic E-state index is 10.3. The van der Waals surface area contributed by atoms with Crippen LogP contribution in [0.1, 0.15) is 23.1 Å². The van der Waals surface area contributed by atoms with Gasteiger partial charge in [-0.3, -0.25) is 0 Å². The summed E-state index contributed by atoms with van der Waals surface area (Å²) < 4.78 is 0. The molecule has 0 spiro atoms. The molecule has 0 saturated heterocycles. The number of aromatic hydroxyl groups is 1. The van der Waals surface area contributed by atoms with Gasteiger partial charge >= 0.3 is 0 Å². The molecule has 0 aromatic heterocycles. The smallest absolute Gasteiger partial charge is 0.123 e. The number of phenolic OH excluding ortho intramolecular Hbond substituents is 1. The molecule has 2 unspecified atom stereocenters. The Morgan fingerprint density at radius 1 is 1.00 bits per heavy atom. The predicted octanol–water partition coefficient (Wildman–Crippen LogP) is 5.27. The zero-order chi connectivity index (χ0) is 15.3. The molecule has 0 radical (unpaired) electrons. The summed E-state index contributed by atoms with van der Waals surface area (Å²) in [5.41, 5.74) is 7.27. The van der Waals surface area contributed by atoms with Gasteiger partial charge in [0.1, 0.15) is 5.75 Å². The molecule has 0 fully saturated rings. The Kier molecular flexibility index (Phi) is 2.97. The highest BCUT2D eigenvalue weighted by atomic mass is 16.3. The molecule has 4 rings (SSSR count). The standard InChI is InChI=1S/C21H20O/c1-13-6-9-20(22)19(10-13)17-5-3-4-14(2)21(17)18-12-15-7-8-16(18)11-15/h3-10,12,15-16,22H,11H2,1-2H3. The number of fused-ring (bicyclic) bond motifs is 2. The summed E-state index contributed by atoms with van der Waals surface area (Å²) in [7, 11) is 0. The lowest BCUT2D eigenvalue weighted by Gasteiger charge is -2.19. The molecule has 1 nitrogen and oxygen atoms in total. The fourth-order valence-electron chi connectivity index (χ4n) is 3.85. The van der Waals surface area contributed by atoms with Crippen LogP contribution in [0.3, 0.4) is 0 Å². The summed E-state index contributed by atoms with van der Waals surface area (Å²) in [6.07, 6.45) is 8.27. The quantitative estimate of drug-likeness (QED) is 0.747. The molecule has 0 heterocycles. The Morgan fingerprint density at radius 3 is 2.59 bits per heavy atom. The van der Waals surface area contributed by atoms with E-state index in [-0.39, 0.29) is 0 Å². The Hall–Kier alpha value is -2.28. The van der Waals surface area contributed by atoms with Gasteiger partial charge in [-0.1, -0.05) is 48.1 Å². The molecule has 1 heteroatoms. The van der Waals surface area contributed by atoms with Crippen molar-refractivity contribution in [3.05, 3.63) is 71.3 Å². The maximum atomic E-state index is 10.3. The summed E-state index contributed by atoms with van der Waals surface area (Å²) in [6, 6.07) is 12.2. The van der Waals surface area contributed by atoms with Crippen LogP contribution < -0.4 is 0 Å². The lowest BCUT2D eigenvalue weighted by Crippen LogP contribution is -1.99. The molecule has 2 aromatic carbocycles. The fraction of sp³-hybridized carbons (Fsp3) is 0.238. The van der Waals surface area contributed by atoms with Crippen LogP contribution in [0.4, 0.5) is 0 Å². The van der Waals surface area contributed by atoms with Gasteiger partial charge in [0.25, 0.3) is 0 Å². The molecule has 0 amide bonds. The molecule has 2 aliphatic rings. The molecule has 1 N–H and O–H groups in total. The van der Waals surface area contributed by atoms with Crippen molar-refractivity contribution in [2.24, 2.45) is 11.8 Å². The Labute approximate surface area is 131 Å². The highest BCUT2D eigenvalue weighted by molar-refractivity contribution is 5.88. The summed E-state index contributed by atoms with van der Waals surface area (Å²) in [5.74, 6) is 1.49. The highest BCUT2D eigenvalue weighted by Gasteiger charge is 2.30. The topological polar surface area (TPSA) is 20.2 Å². The van der Waals surface area contributed by atoms with Gasteiger partial charge in [-0.2, -0.15) is 0 Å². The number of aryl methyl sites for hydroxylation is 2. The number of hydrogen-bond acceptors (Lipinski definition) is 1. The van der Waals surface area contributed by atoms with Gasteiger partial charge in [0.05, 0.1) is 0 Å². The molecule has 2 aliphatic carbocycles. The minimum atomic E-state index is 0.358. The van der Waals surface area contributed by atoms with Gasteiger partial charge in [0.15, 0.2) is 0 Å². The Balaban J connectivity index is 1.93. The molecule has 22 heavy (non-hydrogen) atoms. The number of allylic oxidation sites excluding steroid dienone is 4. The van der Waals surface area contributed by atoms with E-state index in [9.17, 15) is 5.11 Å². The first-order valence-electron chi connectivity index (χ1n) is 7.93. The highest BCUT2D eigenvalue weighted by Crippen LogP contribution is 2.47. The van der Waals surface area contributed by atoms with Crippen LogP contribution in [0.15, 0.2) is 54.6 Å². The van der Waals surface area contributed by atoms with Crippen LogP contribution in [-0.2, 0) is 0 Å². The van der Waals surface area contributed by atoms with Crippen molar-refractivity contribution in [1.82, 2.24) is 0 Å². The van der Waals surface area contributed by atoms with Gasteiger partial charge in [-0.15, -0.1) is 0 Å². The molecule has 110 valence electrons. The van der Waals surface area contributed by atoms with E-state index in [0.717, 1.165) is 11.1 Å². The largest absolute Gasteiger partial charge is 0.507 e. The summed E-state index contributed by atoms with van der Waals surface area (Å²) in [4.78, 5) is 0. The van der Waals surface area contributed by atoms with Crippen LogP contribution in [0.2, 0.25) is 0 Å². The number of hydrogen-bond donors (Lipinski definition) is 1. The molecule has 0 aliphatic heterocycles. The summed E-state index contributed by atoms with van der Waals surface area (Å²) in [6.45, 7) is 4.24. The van der Waals surface area contributed by atoms with Gasteiger partial charge in [0, 0.05) is 11.5 Å². The molecular formula is C21H20O. The third kappa shape index (κ3) is 2.00. The normalized spacial score (nSPS) is 22.2. The van der Waals surface area contributed by atoms with Crippen molar-refractivity contribution in [3.8, 4) is 16.9 Å². The maximum Gasteiger partial charge on any atom is 0.123 e. The predicted molar refractivity (Wildman–Crippen MR) is 91.7 cm³/mol. The van der Waals surface area contributed by atoms with Crippen LogP contribution >= 0.6 is 0 Å². The monoisotopic (exact) mass is 288 g/mol. The van der Waals surface area contributed by atoms with Crippen molar-refractivity contribution in [2.75, 3.05) is 0 Å². The number of rotatable bonds is 2. The van der Waals surface area contributed by atoms with Crippen molar-refractivity contribution >= 4 is 5.57 Å². The average molecular weight is 288 g/mol. The van der Waals surface area contributed by atoms with E-state index < -0.39 is 0 Å². The van der Waals surface area contributed by atoms with Crippen LogP contribution in [0.25, 0.3) is 16.7 Å². The van der Waals surface area contributed by atoms with E-state index in [2.05, 4.69) is 56.3 Å². The Bertz CT molecular complexity index is 811. The lowest BCUT2D eigenvalue weighted by atomic mass is 9.85. The average Bonchev–Trinajstić information content (AvgIpc) is 3.12. The van der Waals surface area contributed by atoms with Crippen molar-refractivity contribution in [1.29, 1.82) is 0 Å². The fourth-order valence-corrected chi connectivity index (χ4v) is 3.85. The van der Waals surface area contributed by atoms with Crippen molar-refractivity contribution < 1.29 is 5.11 Å². The van der Waals surface area contributed by atoms with E-state index in [0.29, 0.717) is 17.6 Å². The zero-order valence-corrected chi connectivity index (χ0v) is 13.0. The van der Waals surface area contributed by atoms with Crippen LogP contribution in [0, 0.1) is 25.7 Å². The van der Waals surface area contributed by atoms with E-state index in [1.165, 1.54) is 28.7 Å². The van der Waals surface area contributed by atoms with Gasteiger partial charge in [0.2, 0.25) is 0 Å². The molecule has 2 atom stereocenters. The third-order valence-corrected chi connectivity index (χ3v) is 4.91. The minimum Gasteiger partial charge on any atom is -0.507 e. The first-order valence-corrected chi connectivity index (χ1v) is 7.93. The lowest BCUT2D eigenvalue weighted by molar-refractivity contribution is 0.477. The SMILES string of the molecule is Cc1ccc(O)c(-c2cccc(C)c2C2=CC3C=CC2C3)c1. The summed E-state index contributed by atoms with van der Waals surface area (Å²) >= 11 is 0. The molecular weight excluding hydrogens is 268 g/mol. The summed E-state index contributed by atoms with van der Waals surface area (Å²) in [5, 5.41) is 10.3. The number of phenols is 1.